The van der Waals surface area contributed by atoms with Crippen LogP contribution >= 0.6 is 23.2 Å². The van der Waals surface area contributed by atoms with E-state index < -0.39 is 36.9 Å². The van der Waals surface area contributed by atoms with Crippen LogP contribution in [0.25, 0.3) is 17.1 Å². The zero-order chi connectivity index (χ0) is 27.6. The SMILES string of the molecule is CC(=O)OC(C)c1nc(Cn2nc(-c3ccc(Cl)cc3)n(CCC(F)(F)F)c2=O)nn1-c1cnccc1Cl. The minimum Gasteiger partial charge on any atom is -0.455 e. The number of benzene rings is 1. The summed E-state index contributed by atoms with van der Waals surface area (Å²) >= 11 is 12.2. The Bertz CT molecular complexity index is 1510. The summed E-state index contributed by atoms with van der Waals surface area (Å²) in [4.78, 5) is 33.1. The van der Waals surface area contributed by atoms with Crippen molar-refractivity contribution in [1.82, 2.24) is 34.1 Å². The molecule has 1 atom stereocenters. The molecule has 0 spiro atoms. The van der Waals surface area contributed by atoms with Gasteiger partial charge in [0.2, 0.25) is 0 Å². The maximum Gasteiger partial charge on any atom is 0.390 e. The molecule has 0 aliphatic heterocycles. The number of hydrogen-bond acceptors (Lipinski definition) is 7. The van der Waals surface area contributed by atoms with Gasteiger partial charge in [0.15, 0.2) is 23.6 Å². The van der Waals surface area contributed by atoms with Crippen molar-refractivity contribution in [3.8, 4) is 17.1 Å². The van der Waals surface area contributed by atoms with E-state index in [1.165, 1.54) is 42.2 Å². The number of halogens is 5. The predicted octanol–water partition coefficient (Wildman–Crippen LogP) is 4.62. The third-order valence-corrected chi connectivity index (χ3v) is 5.87. The first-order chi connectivity index (χ1) is 17.9. The normalized spacial score (nSPS) is 12.5. The summed E-state index contributed by atoms with van der Waals surface area (Å²) in [7, 11) is 0. The fourth-order valence-corrected chi connectivity index (χ4v) is 3.94. The van der Waals surface area contributed by atoms with Crippen molar-refractivity contribution < 1.29 is 22.7 Å². The summed E-state index contributed by atoms with van der Waals surface area (Å²) in [6, 6.07) is 7.71. The van der Waals surface area contributed by atoms with Gasteiger partial charge < -0.3 is 4.74 Å². The summed E-state index contributed by atoms with van der Waals surface area (Å²) in [5, 5.41) is 9.37. The lowest BCUT2D eigenvalue weighted by Crippen LogP contribution is -2.27. The van der Waals surface area contributed by atoms with Crippen LogP contribution in [0.2, 0.25) is 10.0 Å². The number of hydrogen-bond donors (Lipinski definition) is 0. The van der Waals surface area contributed by atoms with Crippen LogP contribution < -0.4 is 5.69 Å². The number of pyridine rings is 1. The molecule has 38 heavy (non-hydrogen) atoms. The molecule has 0 fully saturated rings. The second-order valence-electron chi connectivity index (χ2n) is 8.16. The van der Waals surface area contributed by atoms with Gasteiger partial charge in [-0.1, -0.05) is 23.2 Å². The van der Waals surface area contributed by atoms with Gasteiger partial charge in [0.1, 0.15) is 12.2 Å². The minimum atomic E-state index is -4.48. The summed E-state index contributed by atoms with van der Waals surface area (Å²) in [6.07, 6.45) is -3.65. The van der Waals surface area contributed by atoms with Gasteiger partial charge >= 0.3 is 17.8 Å². The number of nitrogens with zero attached hydrogens (tertiary/aromatic N) is 7. The average Bonchev–Trinajstić information content (AvgIpc) is 3.39. The third-order valence-electron chi connectivity index (χ3n) is 5.29. The van der Waals surface area contributed by atoms with E-state index in [-0.39, 0.29) is 29.0 Å². The van der Waals surface area contributed by atoms with Gasteiger partial charge in [-0.2, -0.15) is 13.2 Å². The average molecular weight is 570 g/mol. The Labute approximate surface area is 223 Å². The Hall–Kier alpha value is -3.71. The largest absolute Gasteiger partial charge is 0.455 e. The number of carbonyl (C=O) groups excluding carboxylic acids is 1. The van der Waals surface area contributed by atoms with Crippen molar-refractivity contribution in [3.63, 3.8) is 0 Å². The first-order valence-electron chi connectivity index (χ1n) is 11.2. The Morgan fingerprint density at radius 2 is 1.84 bits per heavy atom. The van der Waals surface area contributed by atoms with Gasteiger partial charge in [-0.05, 0) is 37.3 Å². The Morgan fingerprint density at radius 1 is 1.13 bits per heavy atom. The van der Waals surface area contributed by atoms with Crippen LogP contribution in [0.3, 0.4) is 0 Å². The zero-order valence-electron chi connectivity index (χ0n) is 20.0. The number of rotatable bonds is 8. The molecule has 4 aromatic rings. The van der Waals surface area contributed by atoms with E-state index in [0.717, 1.165) is 9.25 Å². The van der Waals surface area contributed by atoms with Gasteiger partial charge in [-0.15, -0.1) is 10.2 Å². The Morgan fingerprint density at radius 3 is 2.47 bits per heavy atom. The summed E-state index contributed by atoms with van der Waals surface area (Å²) in [5.41, 5.74) is -0.0476. The number of alkyl halides is 3. The predicted molar refractivity (Wildman–Crippen MR) is 131 cm³/mol. The summed E-state index contributed by atoms with van der Waals surface area (Å²) in [6.45, 7) is 1.89. The van der Waals surface area contributed by atoms with E-state index in [2.05, 4.69) is 20.2 Å². The standard InChI is InChI=1S/C23H20Cl2F3N7O3/c1-13(38-14(2)36)20-30-19(31-35(20)18-11-29-9-7-17(18)25)12-34-22(37)33(10-8-23(26,27)28)21(32-34)15-3-5-16(24)6-4-15/h3-7,9,11,13H,8,10,12H2,1-2H3. The molecule has 0 saturated heterocycles. The van der Waals surface area contributed by atoms with Gasteiger partial charge in [0.25, 0.3) is 0 Å². The van der Waals surface area contributed by atoms with Crippen LogP contribution in [0.4, 0.5) is 13.2 Å². The molecule has 0 N–H and O–H groups in total. The third kappa shape index (κ3) is 6.22. The quantitative estimate of drug-likeness (QED) is 0.285. The van der Waals surface area contributed by atoms with Crippen molar-refractivity contribution in [2.75, 3.05) is 0 Å². The van der Waals surface area contributed by atoms with E-state index in [9.17, 15) is 22.8 Å². The van der Waals surface area contributed by atoms with Crippen LogP contribution in [0.15, 0.2) is 47.5 Å². The molecule has 3 heterocycles. The van der Waals surface area contributed by atoms with Crippen molar-refractivity contribution in [1.29, 1.82) is 0 Å². The van der Waals surface area contributed by atoms with E-state index in [4.69, 9.17) is 27.9 Å². The number of aromatic nitrogens is 7. The fourth-order valence-electron chi connectivity index (χ4n) is 3.63. The molecular weight excluding hydrogens is 550 g/mol. The lowest BCUT2D eigenvalue weighted by Gasteiger charge is -2.13. The smallest absolute Gasteiger partial charge is 0.390 e. The van der Waals surface area contributed by atoms with E-state index in [1.54, 1.807) is 19.1 Å². The van der Waals surface area contributed by atoms with Crippen molar-refractivity contribution in [2.24, 2.45) is 0 Å². The molecule has 1 aromatic carbocycles. The van der Waals surface area contributed by atoms with Crippen LogP contribution in [-0.4, -0.2) is 46.2 Å². The highest BCUT2D eigenvalue weighted by Gasteiger charge is 2.29. The highest BCUT2D eigenvalue weighted by atomic mass is 35.5. The first-order valence-corrected chi connectivity index (χ1v) is 11.9. The molecule has 0 amide bonds. The Kier molecular flexibility index (Phi) is 7.88. The highest BCUT2D eigenvalue weighted by Crippen LogP contribution is 2.25. The van der Waals surface area contributed by atoms with Crippen molar-refractivity contribution in [3.05, 3.63) is 74.9 Å². The lowest BCUT2D eigenvalue weighted by molar-refractivity contribution is -0.146. The Balaban J connectivity index is 1.77. The van der Waals surface area contributed by atoms with Gasteiger partial charge in [0, 0.05) is 30.3 Å². The summed E-state index contributed by atoms with van der Waals surface area (Å²) in [5.74, 6) is -0.269. The summed E-state index contributed by atoms with van der Waals surface area (Å²) < 4.78 is 47.4. The van der Waals surface area contributed by atoms with Crippen LogP contribution in [0, 0.1) is 0 Å². The minimum absolute atomic E-state index is 0.0270. The molecule has 200 valence electrons. The van der Waals surface area contributed by atoms with Gasteiger partial charge in [0.05, 0.1) is 17.6 Å². The first kappa shape index (κ1) is 27.3. The highest BCUT2D eigenvalue weighted by molar-refractivity contribution is 6.32. The molecule has 1 unspecified atom stereocenters. The van der Waals surface area contributed by atoms with Crippen molar-refractivity contribution >= 4 is 29.2 Å². The lowest BCUT2D eigenvalue weighted by atomic mass is 10.2. The van der Waals surface area contributed by atoms with E-state index in [1.807, 2.05) is 0 Å². The van der Waals surface area contributed by atoms with Crippen LogP contribution in [0.5, 0.6) is 0 Å². The van der Waals surface area contributed by atoms with E-state index in [0.29, 0.717) is 16.3 Å². The molecule has 4 rings (SSSR count). The molecule has 0 aliphatic carbocycles. The molecule has 15 heteroatoms. The van der Waals surface area contributed by atoms with E-state index >= 15 is 0 Å². The molecule has 10 nitrogen and oxygen atoms in total. The van der Waals surface area contributed by atoms with Crippen LogP contribution in [-0.2, 0) is 22.6 Å². The fraction of sp³-hybridized carbons (Fsp3) is 0.304. The van der Waals surface area contributed by atoms with Crippen molar-refractivity contribution in [2.45, 2.75) is 45.6 Å². The number of esters is 1. The maximum atomic E-state index is 13.2. The molecule has 0 aliphatic rings. The molecule has 3 aromatic heterocycles. The molecule has 0 bridgehead atoms. The molecule has 0 saturated carbocycles. The number of ether oxygens (including phenoxy) is 1. The maximum absolute atomic E-state index is 13.2. The zero-order valence-corrected chi connectivity index (χ0v) is 21.5. The van der Waals surface area contributed by atoms with Gasteiger partial charge in [-0.25, -0.2) is 19.1 Å². The monoisotopic (exact) mass is 569 g/mol. The second-order valence-corrected chi connectivity index (χ2v) is 9.01. The van der Waals surface area contributed by atoms with Crippen LogP contribution in [0.1, 0.15) is 38.0 Å². The number of carbonyl (C=O) groups is 1. The molecule has 0 radical (unpaired) electrons. The topological polar surface area (TPSA) is 110 Å². The second kappa shape index (κ2) is 11.0. The van der Waals surface area contributed by atoms with Gasteiger partial charge in [-0.3, -0.25) is 14.3 Å². The molecular formula is C23H20Cl2F3N7O3.